The van der Waals surface area contributed by atoms with Gasteiger partial charge < -0.3 is 29.8 Å². The fourth-order valence-corrected chi connectivity index (χ4v) is 4.40. The molecule has 11 heteroatoms. The second-order valence-electron chi connectivity index (χ2n) is 8.61. The molecule has 3 heterocycles. The largest absolute Gasteiger partial charge is 0.493 e. The van der Waals surface area contributed by atoms with Crippen LogP contribution >= 0.6 is 0 Å². The van der Waals surface area contributed by atoms with Crippen molar-refractivity contribution >= 4 is 39.7 Å². The molecule has 0 aliphatic rings. The minimum atomic E-state index is 0.363. The molecule has 0 unspecified atom stereocenters. The van der Waals surface area contributed by atoms with E-state index in [1.807, 2.05) is 59.2 Å². The third kappa shape index (κ3) is 4.61. The number of benzene rings is 3. The maximum Gasteiger partial charge on any atom is 0.231 e. The van der Waals surface area contributed by atoms with E-state index in [1.165, 1.54) is 0 Å². The molecular weight excluding hydrogens is 496 g/mol. The van der Waals surface area contributed by atoms with Gasteiger partial charge in [0.05, 0.1) is 38.9 Å². The number of nitrogens with zero attached hydrogens (tertiary/aromatic N) is 5. The summed E-state index contributed by atoms with van der Waals surface area (Å²) in [6.45, 7) is 0.419. The third-order valence-electron chi connectivity index (χ3n) is 6.21. The highest BCUT2D eigenvalue weighted by molar-refractivity contribution is 5.86. The van der Waals surface area contributed by atoms with Crippen LogP contribution in [0.3, 0.4) is 0 Å². The van der Waals surface area contributed by atoms with Crippen LogP contribution in [-0.4, -0.2) is 50.8 Å². The van der Waals surface area contributed by atoms with Gasteiger partial charge in [-0.05, 0) is 24.3 Å². The van der Waals surface area contributed by atoms with E-state index in [2.05, 4.69) is 25.6 Å². The highest BCUT2D eigenvalue weighted by Gasteiger charge is 2.18. The van der Waals surface area contributed by atoms with Crippen molar-refractivity contribution in [2.24, 2.45) is 0 Å². The van der Waals surface area contributed by atoms with Crippen LogP contribution < -0.4 is 24.8 Å². The number of imidazole rings is 2. The van der Waals surface area contributed by atoms with E-state index >= 15 is 0 Å². The number of fused-ring (bicyclic) bond motifs is 2. The molecule has 0 aliphatic carbocycles. The van der Waals surface area contributed by atoms with Gasteiger partial charge >= 0.3 is 0 Å². The highest BCUT2D eigenvalue weighted by atomic mass is 16.5. The van der Waals surface area contributed by atoms with E-state index in [4.69, 9.17) is 24.2 Å². The summed E-state index contributed by atoms with van der Waals surface area (Å²) in [5.41, 5.74) is 4.74. The van der Waals surface area contributed by atoms with Crippen molar-refractivity contribution in [3.05, 3.63) is 78.9 Å². The van der Waals surface area contributed by atoms with Gasteiger partial charge in [0.15, 0.2) is 28.5 Å². The average molecular weight is 523 g/mol. The first-order valence-electron chi connectivity index (χ1n) is 12.2. The molecule has 3 N–H and O–H groups in total. The Labute approximate surface area is 223 Å². The first-order valence-corrected chi connectivity index (χ1v) is 12.2. The van der Waals surface area contributed by atoms with Gasteiger partial charge in [0.1, 0.15) is 12.2 Å². The lowest BCUT2D eigenvalue weighted by Crippen LogP contribution is -2.08. The number of hydrogen-bond acceptors (Lipinski definition) is 9. The summed E-state index contributed by atoms with van der Waals surface area (Å²) < 4.78 is 18.4. The Balaban J connectivity index is 1.41. The molecule has 0 saturated carbocycles. The molecule has 39 heavy (non-hydrogen) atoms. The molecule has 6 rings (SSSR count). The van der Waals surface area contributed by atoms with Gasteiger partial charge in [-0.15, -0.1) is 0 Å². The van der Waals surface area contributed by atoms with Gasteiger partial charge in [0.2, 0.25) is 11.7 Å². The van der Waals surface area contributed by atoms with E-state index in [1.54, 1.807) is 39.8 Å². The number of aromatic nitrogens is 6. The van der Waals surface area contributed by atoms with Crippen molar-refractivity contribution in [2.75, 3.05) is 32.0 Å². The van der Waals surface area contributed by atoms with Crippen molar-refractivity contribution in [2.45, 2.75) is 6.54 Å². The van der Waals surface area contributed by atoms with E-state index in [-0.39, 0.29) is 0 Å². The number of methoxy groups -OCH3 is 3. The molecule has 3 aromatic heterocycles. The Kier molecular flexibility index (Phi) is 6.29. The third-order valence-corrected chi connectivity index (χ3v) is 6.21. The molecule has 196 valence electrons. The summed E-state index contributed by atoms with van der Waals surface area (Å²) in [7, 11) is 4.71. The predicted octanol–water partition coefficient (Wildman–Crippen LogP) is 5.07. The Morgan fingerprint density at radius 3 is 2.31 bits per heavy atom. The molecule has 0 radical (unpaired) electrons. The van der Waals surface area contributed by atoms with Crippen LogP contribution in [0.1, 0.15) is 5.82 Å². The van der Waals surface area contributed by atoms with Crippen LogP contribution in [0.2, 0.25) is 0 Å². The maximum absolute atomic E-state index is 5.51. The summed E-state index contributed by atoms with van der Waals surface area (Å²) in [4.78, 5) is 22.2. The summed E-state index contributed by atoms with van der Waals surface area (Å²) in [5.74, 6) is 3.23. The van der Waals surface area contributed by atoms with Crippen LogP contribution in [0.5, 0.6) is 17.2 Å². The molecule has 6 aromatic rings. The Morgan fingerprint density at radius 1 is 0.846 bits per heavy atom. The Bertz CT molecular complexity index is 1710. The minimum absolute atomic E-state index is 0.363. The van der Waals surface area contributed by atoms with Crippen LogP contribution in [0.4, 0.5) is 17.5 Å². The number of aromatic amines is 1. The lowest BCUT2D eigenvalue weighted by molar-refractivity contribution is 0.324. The van der Waals surface area contributed by atoms with Crippen molar-refractivity contribution in [3.8, 4) is 22.9 Å². The van der Waals surface area contributed by atoms with Gasteiger partial charge in [-0.1, -0.05) is 30.3 Å². The summed E-state index contributed by atoms with van der Waals surface area (Å²) in [6.07, 6.45) is 1.74. The van der Waals surface area contributed by atoms with Crippen LogP contribution in [-0.2, 0) is 6.54 Å². The first kappa shape index (κ1) is 24.0. The molecule has 0 atom stereocenters. The van der Waals surface area contributed by atoms with Crippen LogP contribution in [0.25, 0.3) is 27.9 Å². The second-order valence-corrected chi connectivity index (χ2v) is 8.61. The number of ether oxygens (including phenoxy) is 3. The zero-order chi connectivity index (χ0) is 26.8. The monoisotopic (exact) mass is 522 g/mol. The van der Waals surface area contributed by atoms with E-state index < -0.39 is 0 Å². The molecule has 3 aromatic carbocycles. The fourth-order valence-electron chi connectivity index (χ4n) is 4.40. The van der Waals surface area contributed by atoms with Crippen molar-refractivity contribution in [1.82, 2.24) is 29.5 Å². The second kappa shape index (κ2) is 10.2. The maximum atomic E-state index is 5.51. The SMILES string of the molecule is COc1cc(Nc2nc(NCc3nc4ccccc4[nH]3)c3ncn(-c4ccccc4)c3n2)cc(OC)c1OC. The molecule has 0 bridgehead atoms. The molecule has 11 nitrogen and oxygen atoms in total. The summed E-state index contributed by atoms with van der Waals surface area (Å²) in [5, 5.41) is 6.67. The fraction of sp³-hybridized carbons (Fsp3) is 0.143. The predicted molar refractivity (Wildman–Crippen MR) is 149 cm³/mol. The highest BCUT2D eigenvalue weighted by Crippen LogP contribution is 2.40. The summed E-state index contributed by atoms with van der Waals surface area (Å²) in [6, 6.07) is 21.4. The molecule has 0 aliphatic heterocycles. The standard InChI is InChI=1S/C28H26N8O3/c1-37-21-13-17(14-22(38-2)25(21)39-3)31-28-34-26(29-15-23-32-19-11-7-8-12-20(19)33-23)24-27(35-28)36(16-30-24)18-9-5-4-6-10-18/h4-14,16H,15H2,1-3H3,(H,32,33)(H2,29,31,34,35). The number of anilines is 3. The quantitative estimate of drug-likeness (QED) is 0.239. The number of rotatable bonds is 9. The van der Waals surface area contributed by atoms with Crippen LogP contribution in [0, 0.1) is 0 Å². The zero-order valence-corrected chi connectivity index (χ0v) is 21.6. The van der Waals surface area contributed by atoms with Gasteiger partial charge in [-0.2, -0.15) is 9.97 Å². The Hall–Kier alpha value is -5.32. The molecule has 0 amide bonds. The number of H-pyrrole nitrogens is 1. The molecule has 0 fully saturated rings. The zero-order valence-electron chi connectivity index (χ0n) is 21.6. The number of hydrogen-bond donors (Lipinski definition) is 3. The smallest absolute Gasteiger partial charge is 0.231 e. The van der Waals surface area contributed by atoms with E-state index in [0.29, 0.717) is 52.4 Å². The van der Waals surface area contributed by atoms with Crippen molar-refractivity contribution < 1.29 is 14.2 Å². The topological polar surface area (TPSA) is 124 Å². The number of para-hydroxylation sites is 3. The van der Waals surface area contributed by atoms with E-state index in [9.17, 15) is 0 Å². The van der Waals surface area contributed by atoms with Gasteiger partial charge in [-0.25, -0.2) is 9.97 Å². The molecule has 0 spiro atoms. The van der Waals surface area contributed by atoms with Crippen molar-refractivity contribution in [3.63, 3.8) is 0 Å². The van der Waals surface area contributed by atoms with Crippen LogP contribution in [0.15, 0.2) is 73.1 Å². The molecule has 0 saturated heterocycles. The van der Waals surface area contributed by atoms with Crippen molar-refractivity contribution in [1.29, 1.82) is 0 Å². The number of nitrogens with one attached hydrogen (secondary N) is 3. The minimum Gasteiger partial charge on any atom is -0.493 e. The molecular formula is C28H26N8O3. The average Bonchev–Trinajstić information content (AvgIpc) is 3.60. The Morgan fingerprint density at radius 2 is 1.59 bits per heavy atom. The normalized spacial score (nSPS) is 11.1. The van der Waals surface area contributed by atoms with Gasteiger partial charge in [0.25, 0.3) is 0 Å². The van der Waals surface area contributed by atoms with Gasteiger partial charge in [0, 0.05) is 23.5 Å². The van der Waals surface area contributed by atoms with Gasteiger partial charge in [-0.3, -0.25) is 4.57 Å². The lowest BCUT2D eigenvalue weighted by atomic mass is 10.2. The lowest BCUT2D eigenvalue weighted by Gasteiger charge is -2.15. The van der Waals surface area contributed by atoms with E-state index in [0.717, 1.165) is 22.5 Å². The summed E-state index contributed by atoms with van der Waals surface area (Å²) >= 11 is 0. The first-order chi connectivity index (χ1) is 19.2.